The lowest BCUT2D eigenvalue weighted by atomic mass is 10.0. The highest BCUT2D eigenvalue weighted by Crippen LogP contribution is 2.06. The SMILES string of the molecule is CCN(CC(C)C)C[C@H](N)CC(C)C. The van der Waals surface area contributed by atoms with Gasteiger partial charge in [0, 0.05) is 19.1 Å². The van der Waals surface area contributed by atoms with Gasteiger partial charge in [0.25, 0.3) is 0 Å². The Morgan fingerprint density at radius 3 is 1.93 bits per heavy atom. The molecule has 0 fully saturated rings. The maximum Gasteiger partial charge on any atom is 0.0170 e. The predicted octanol–water partition coefficient (Wildman–Crippen LogP) is 2.34. The van der Waals surface area contributed by atoms with E-state index in [1.807, 2.05) is 0 Å². The first-order valence-corrected chi connectivity index (χ1v) is 5.93. The number of nitrogens with two attached hydrogens (primary N) is 1. The summed E-state index contributed by atoms with van der Waals surface area (Å²) < 4.78 is 0. The highest BCUT2D eigenvalue weighted by molar-refractivity contribution is 4.69. The predicted molar refractivity (Wildman–Crippen MR) is 64.4 cm³/mol. The fourth-order valence-electron chi connectivity index (χ4n) is 1.86. The highest BCUT2D eigenvalue weighted by Gasteiger charge is 2.11. The van der Waals surface area contributed by atoms with E-state index in [0.717, 1.165) is 25.4 Å². The molecule has 0 aliphatic rings. The lowest BCUT2D eigenvalue weighted by Crippen LogP contribution is -2.39. The number of hydrogen-bond acceptors (Lipinski definition) is 2. The van der Waals surface area contributed by atoms with Gasteiger partial charge in [-0.15, -0.1) is 0 Å². The van der Waals surface area contributed by atoms with E-state index in [-0.39, 0.29) is 0 Å². The molecule has 0 aromatic rings. The summed E-state index contributed by atoms with van der Waals surface area (Å²) in [7, 11) is 0. The summed E-state index contributed by atoms with van der Waals surface area (Å²) in [5.41, 5.74) is 6.09. The maximum absolute atomic E-state index is 6.09. The van der Waals surface area contributed by atoms with Crippen molar-refractivity contribution in [3.05, 3.63) is 0 Å². The van der Waals surface area contributed by atoms with E-state index in [1.54, 1.807) is 0 Å². The third-order valence-corrected chi connectivity index (χ3v) is 2.34. The summed E-state index contributed by atoms with van der Waals surface area (Å²) in [5.74, 6) is 1.45. The van der Waals surface area contributed by atoms with Gasteiger partial charge in [-0.25, -0.2) is 0 Å². The molecule has 2 nitrogen and oxygen atoms in total. The molecule has 2 N–H and O–H groups in total. The maximum atomic E-state index is 6.09. The van der Waals surface area contributed by atoms with Crippen LogP contribution in [0.25, 0.3) is 0 Å². The molecule has 0 heterocycles. The summed E-state index contributed by atoms with van der Waals surface area (Å²) in [5, 5.41) is 0. The van der Waals surface area contributed by atoms with Crippen molar-refractivity contribution in [3.63, 3.8) is 0 Å². The summed E-state index contributed by atoms with van der Waals surface area (Å²) in [4.78, 5) is 2.46. The Kier molecular flexibility index (Phi) is 7.20. The van der Waals surface area contributed by atoms with E-state index in [1.165, 1.54) is 6.54 Å². The van der Waals surface area contributed by atoms with E-state index in [9.17, 15) is 0 Å². The van der Waals surface area contributed by atoms with Crippen molar-refractivity contribution in [2.24, 2.45) is 17.6 Å². The summed E-state index contributed by atoms with van der Waals surface area (Å²) in [6, 6.07) is 0.341. The Balaban J connectivity index is 3.79. The van der Waals surface area contributed by atoms with E-state index < -0.39 is 0 Å². The Bertz CT molecular complexity index is 132. The Hall–Kier alpha value is -0.0800. The fraction of sp³-hybridized carbons (Fsp3) is 1.00. The topological polar surface area (TPSA) is 29.3 Å². The Labute approximate surface area is 89.9 Å². The van der Waals surface area contributed by atoms with Crippen LogP contribution in [0.5, 0.6) is 0 Å². The molecule has 0 bridgehead atoms. The first-order valence-electron chi connectivity index (χ1n) is 5.93. The molecule has 0 saturated carbocycles. The van der Waals surface area contributed by atoms with Crippen molar-refractivity contribution < 1.29 is 0 Å². The van der Waals surface area contributed by atoms with E-state index in [4.69, 9.17) is 5.73 Å². The average Bonchev–Trinajstić information content (AvgIpc) is 2.00. The van der Waals surface area contributed by atoms with Crippen molar-refractivity contribution in [1.82, 2.24) is 4.90 Å². The second-order valence-corrected chi connectivity index (χ2v) is 5.14. The molecule has 0 radical (unpaired) electrons. The summed E-state index contributed by atoms with van der Waals surface area (Å²) >= 11 is 0. The van der Waals surface area contributed by atoms with Crippen molar-refractivity contribution in [1.29, 1.82) is 0 Å². The van der Waals surface area contributed by atoms with Gasteiger partial charge in [0.2, 0.25) is 0 Å². The van der Waals surface area contributed by atoms with Gasteiger partial charge >= 0.3 is 0 Å². The smallest absolute Gasteiger partial charge is 0.0170 e. The molecule has 0 saturated heterocycles. The average molecular weight is 200 g/mol. The molecule has 0 spiro atoms. The first-order chi connectivity index (χ1) is 6.45. The number of nitrogens with zero attached hydrogens (tertiary/aromatic N) is 1. The Morgan fingerprint density at radius 1 is 1.00 bits per heavy atom. The van der Waals surface area contributed by atoms with E-state index in [0.29, 0.717) is 12.0 Å². The molecule has 0 aromatic carbocycles. The molecule has 0 amide bonds. The minimum Gasteiger partial charge on any atom is -0.327 e. The second kappa shape index (κ2) is 7.24. The van der Waals surface area contributed by atoms with Gasteiger partial charge < -0.3 is 10.6 Å². The van der Waals surface area contributed by atoms with Crippen LogP contribution in [0.2, 0.25) is 0 Å². The molecular formula is C12H28N2. The van der Waals surface area contributed by atoms with Crippen LogP contribution >= 0.6 is 0 Å². The largest absolute Gasteiger partial charge is 0.327 e. The zero-order chi connectivity index (χ0) is 11.1. The zero-order valence-corrected chi connectivity index (χ0v) is 10.6. The quantitative estimate of drug-likeness (QED) is 0.683. The summed E-state index contributed by atoms with van der Waals surface area (Å²) in [6.45, 7) is 14.5. The number of likely N-dealkylation sites (N-methyl/N-ethyl adjacent to an activating group) is 1. The second-order valence-electron chi connectivity index (χ2n) is 5.14. The number of hydrogen-bond donors (Lipinski definition) is 1. The van der Waals surface area contributed by atoms with Crippen LogP contribution in [0, 0.1) is 11.8 Å². The molecule has 0 aliphatic carbocycles. The third-order valence-electron chi connectivity index (χ3n) is 2.34. The fourth-order valence-corrected chi connectivity index (χ4v) is 1.86. The van der Waals surface area contributed by atoms with Crippen LogP contribution < -0.4 is 5.73 Å². The highest BCUT2D eigenvalue weighted by atomic mass is 15.1. The lowest BCUT2D eigenvalue weighted by molar-refractivity contribution is 0.232. The minimum atomic E-state index is 0.341. The van der Waals surface area contributed by atoms with Crippen LogP contribution in [-0.4, -0.2) is 30.6 Å². The summed E-state index contributed by atoms with van der Waals surface area (Å²) in [6.07, 6.45) is 1.13. The van der Waals surface area contributed by atoms with Gasteiger partial charge in [0.15, 0.2) is 0 Å². The van der Waals surface area contributed by atoms with Gasteiger partial charge in [0.1, 0.15) is 0 Å². The van der Waals surface area contributed by atoms with Gasteiger partial charge in [-0.2, -0.15) is 0 Å². The number of rotatable bonds is 7. The van der Waals surface area contributed by atoms with Crippen molar-refractivity contribution in [2.75, 3.05) is 19.6 Å². The molecule has 86 valence electrons. The monoisotopic (exact) mass is 200 g/mol. The lowest BCUT2D eigenvalue weighted by Gasteiger charge is -2.26. The van der Waals surface area contributed by atoms with Crippen LogP contribution in [0.15, 0.2) is 0 Å². The van der Waals surface area contributed by atoms with Gasteiger partial charge in [0.05, 0.1) is 0 Å². The molecular weight excluding hydrogens is 172 g/mol. The molecule has 2 heteroatoms. The van der Waals surface area contributed by atoms with Gasteiger partial charge in [-0.3, -0.25) is 0 Å². The normalized spacial score (nSPS) is 14.4. The van der Waals surface area contributed by atoms with Crippen molar-refractivity contribution in [3.8, 4) is 0 Å². The molecule has 1 atom stereocenters. The zero-order valence-electron chi connectivity index (χ0n) is 10.6. The van der Waals surface area contributed by atoms with Crippen molar-refractivity contribution >= 4 is 0 Å². The van der Waals surface area contributed by atoms with E-state index in [2.05, 4.69) is 39.5 Å². The van der Waals surface area contributed by atoms with Crippen LogP contribution in [0.3, 0.4) is 0 Å². The standard InChI is InChI=1S/C12H28N2/c1-6-14(8-11(4)5)9-12(13)7-10(2)3/h10-12H,6-9,13H2,1-5H3/t12-/m1/s1. The molecule has 0 aromatic heterocycles. The molecule has 0 aliphatic heterocycles. The molecule has 0 rings (SSSR count). The van der Waals surface area contributed by atoms with E-state index >= 15 is 0 Å². The van der Waals surface area contributed by atoms with Crippen molar-refractivity contribution in [2.45, 2.75) is 47.1 Å². The Morgan fingerprint density at radius 2 is 1.57 bits per heavy atom. The van der Waals surface area contributed by atoms with Gasteiger partial charge in [-0.05, 0) is 24.8 Å². The van der Waals surface area contributed by atoms with Crippen LogP contribution in [-0.2, 0) is 0 Å². The minimum absolute atomic E-state index is 0.341. The van der Waals surface area contributed by atoms with Gasteiger partial charge in [-0.1, -0.05) is 34.6 Å². The first kappa shape index (κ1) is 13.9. The molecule has 0 unspecified atom stereocenters. The third kappa shape index (κ3) is 7.34. The van der Waals surface area contributed by atoms with Crippen LogP contribution in [0.4, 0.5) is 0 Å². The molecule has 14 heavy (non-hydrogen) atoms. The van der Waals surface area contributed by atoms with Crippen LogP contribution in [0.1, 0.15) is 41.0 Å².